The highest BCUT2D eigenvalue weighted by atomic mass is 16.3. The lowest BCUT2D eigenvalue weighted by Crippen LogP contribution is -1.91. The number of fused-ring (bicyclic) bond motifs is 5. The van der Waals surface area contributed by atoms with Crippen LogP contribution in [-0.4, -0.2) is 0 Å². The van der Waals surface area contributed by atoms with Gasteiger partial charge in [-0.2, -0.15) is 0 Å². The van der Waals surface area contributed by atoms with Gasteiger partial charge in [-0.15, -0.1) is 0 Å². The molecule has 1 nitrogen and oxygen atoms in total. The molecular formula is C44H28O. The first-order chi connectivity index (χ1) is 24.0. The van der Waals surface area contributed by atoms with Crippen LogP contribution in [0.5, 0.6) is 0 Å². The highest BCUT2D eigenvalue weighted by Crippen LogP contribution is 2.44. The number of rotatable bonds is 4. The fourth-order valence-electron chi connectivity index (χ4n) is 6.67. The predicted octanol–water partition coefficient (Wildman–Crippen LogP) is 12.6. The number of furan rings is 1. The molecule has 8 aromatic carbocycles. The second-order valence-corrected chi connectivity index (χ2v) is 11.3. The zero-order valence-corrected chi connectivity index (χ0v) is 24.3. The van der Waals surface area contributed by atoms with Crippen molar-refractivity contribution >= 4 is 43.5 Å². The van der Waals surface area contributed by atoms with Gasteiger partial charge in [-0.1, -0.05) is 139 Å². The molecule has 9 aromatic rings. The monoisotopic (exact) mass is 576 g/mol. The van der Waals surface area contributed by atoms with Crippen molar-refractivity contribution in [2.75, 3.05) is 0 Å². The molecule has 45 heavy (non-hydrogen) atoms. The molecule has 0 unspecified atom stereocenters. The summed E-state index contributed by atoms with van der Waals surface area (Å²) in [6, 6.07) is 48.2. The van der Waals surface area contributed by atoms with Gasteiger partial charge >= 0.3 is 0 Å². The summed E-state index contributed by atoms with van der Waals surface area (Å²) in [4.78, 5) is 0. The van der Waals surface area contributed by atoms with Gasteiger partial charge < -0.3 is 4.42 Å². The second-order valence-electron chi connectivity index (χ2n) is 11.3. The van der Waals surface area contributed by atoms with Gasteiger partial charge in [-0.3, -0.25) is 0 Å². The van der Waals surface area contributed by atoms with Crippen molar-refractivity contribution in [3.8, 4) is 44.5 Å². The molecule has 0 saturated heterocycles. The van der Waals surface area contributed by atoms with Crippen LogP contribution in [0.4, 0.5) is 0 Å². The third-order valence-electron chi connectivity index (χ3n) is 8.74. The van der Waals surface area contributed by atoms with E-state index < -0.39 is 0 Å². The number of benzene rings is 8. The Kier molecular flexibility index (Phi) is 5.00. The Morgan fingerprint density at radius 1 is 0.356 bits per heavy atom. The van der Waals surface area contributed by atoms with E-state index in [0.717, 1.165) is 65.7 Å². The van der Waals surface area contributed by atoms with Gasteiger partial charge in [0.05, 0.1) is 5.48 Å². The molecule has 0 radical (unpaired) electrons. The molecule has 0 bridgehead atoms. The molecule has 0 saturated carbocycles. The van der Waals surface area contributed by atoms with Gasteiger partial charge in [-0.25, -0.2) is 0 Å². The van der Waals surface area contributed by atoms with Gasteiger partial charge in [0.1, 0.15) is 11.2 Å². The van der Waals surface area contributed by atoms with E-state index in [1.165, 1.54) is 0 Å². The molecule has 1 aromatic heterocycles. The lowest BCUT2D eigenvalue weighted by Gasteiger charge is -2.18. The van der Waals surface area contributed by atoms with Crippen LogP contribution >= 0.6 is 0 Å². The number of hydrogen-bond acceptors (Lipinski definition) is 1. The maximum Gasteiger partial charge on any atom is 0.136 e. The highest BCUT2D eigenvalue weighted by molar-refractivity contribution is 6.21. The van der Waals surface area contributed by atoms with Crippen LogP contribution in [0.15, 0.2) is 174 Å². The van der Waals surface area contributed by atoms with Crippen molar-refractivity contribution in [3.05, 3.63) is 170 Å². The van der Waals surface area contributed by atoms with Gasteiger partial charge in [0, 0.05) is 10.8 Å². The Hall–Kier alpha value is -5.92. The zero-order valence-electron chi connectivity index (χ0n) is 28.3. The van der Waals surface area contributed by atoms with E-state index in [1.54, 1.807) is 0 Å². The Morgan fingerprint density at radius 3 is 1.36 bits per heavy atom. The van der Waals surface area contributed by atoms with Crippen LogP contribution in [0.1, 0.15) is 5.48 Å². The molecule has 0 fully saturated rings. The average molecular weight is 577 g/mol. The van der Waals surface area contributed by atoms with Crippen LogP contribution in [0, 0.1) is 0 Å². The van der Waals surface area contributed by atoms with E-state index in [1.807, 2.05) is 97.1 Å². The van der Waals surface area contributed by atoms with Crippen LogP contribution in [0.25, 0.3) is 88.0 Å². The fraction of sp³-hybridized carbons (Fsp3) is 0. The summed E-state index contributed by atoms with van der Waals surface area (Å²) in [5.74, 6) is 0. The zero-order chi connectivity index (χ0) is 33.2. The minimum absolute atomic E-state index is 0.0515. The van der Waals surface area contributed by atoms with Crippen molar-refractivity contribution < 1.29 is 9.90 Å². The predicted molar refractivity (Wildman–Crippen MR) is 190 cm³/mol. The van der Waals surface area contributed by atoms with E-state index in [4.69, 9.17) is 7.16 Å². The standard InChI is InChI=1S/C44H28O/c1-3-12-29(13-4-1)32-22-24-35-36-25-23-33(28-42(36)45-41(35)27-32)31-16-11-17-34(26-31)44-39-20-9-7-18-37(39)43(30-14-5-2-6-15-30)38-19-8-10-21-40(38)44/h1-28H/i11D,16D,17D,26D. The van der Waals surface area contributed by atoms with Crippen molar-refractivity contribution in [1.29, 1.82) is 0 Å². The van der Waals surface area contributed by atoms with Crippen molar-refractivity contribution in [2.45, 2.75) is 0 Å². The van der Waals surface area contributed by atoms with E-state index in [0.29, 0.717) is 22.3 Å². The molecule has 0 amide bonds. The third-order valence-corrected chi connectivity index (χ3v) is 8.74. The fourth-order valence-corrected chi connectivity index (χ4v) is 6.67. The summed E-state index contributed by atoms with van der Waals surface area (Å²) in [6.07, 6.45) is 0. The summed E-state index contributed by atoms with van der Waals surface area (Å²) in [6.45, 7) is 0. The van der Waals surface area contributed by atoms with Crippen LogP contribution < -0.4 is 0 Å². The average Bonchev–Trinajstić information content (AvgIpc) is 3.51. The molecule has 0 aliphatic carbocycles. The molecule has 0 spiro atoms. The molecule has 210 valence electrons. The maximum absolute atomic E-state index is 9.65. The molecule has 0 aliphatic heterocycles. The van der Waals surface area contributed by atoms with E-state index in [2.05, 4.69) is 48.5 Å². The molecule has 0 N–H and O–H groups in total. The number of hydrogen-bond donors (Lipinski definition) is 0. The third kappa shape index (κ3) is 4.24. The molecule has 1 heteroatoms. The van der Waals surface area contributed by atoms with Crippen molar-refractivity contribution in [3.63, 3.8) is 0 Å². The van der Waals surface area contributed by atoms with Gasteiger partial charge in [0.2, 0.25) is 0 Å². The van der Waals surface area contributed by atoms with Crippen LogP contribution in [0.2, 0.25) is 0 Å². The maximum atomic E-state index is 9.65. The first-order valence-corrected chi connectivity index (χ1v) is 15.1. The molecule has 9 rings (SSSR count). The smallest absolute Gasteiger partial charge is 0.136 e. The van der Waals surface area contributed by atoms with E-state index in [-0.39, 0.29) is 24.2 Å². The normalized spacial score (nSPS) is 12.8. The first-order valence-electron chi connectivity index (χ1n) is 17.1. The van der Waals surface area contributed by atoms with Gasteiger partial charge in [0.15, 0.2) is 0 Å². The minimum Gasteiger partial charge on any atom is -0.456 e. The second kappa shape index (κ2) is 10.4. The van der Waals surface area contributed by atoms with Gasteiger partial charge in [0.25, 0.3) is 0 Å². The summed E-state index contributed by atoms with van der Waals surface area (Å²) in [7, 11) is 0. The Balaban J connectivity index is 1.29. The van der Waals surface area contributed by atoms with E-state index >= 15 is 0 Å². The Labute approximate surface area is 267 Å². The quantitative estimate of drug-likeness (QED) is 0.190. The first kappa shape index (κ1) is 21.7. The topological polar surface area (TPSA) is 13.1 Å². The summed E-state index contributed by atoms with van der Waals surface area (Å²) >= 11 is 0. The Bertz CT molecular complexity index is 2690. The SMILES string of the molecule is [2H]c1c([2H])c(-c2ccc3c(c2)oc2cc(-c4ccccc4)ccc23)c([2H])c(-c2c3ccccc3c(-c3ccccc3)c3ccccc23)c1[2H]. The van der Waals surface area contributed by atoms with Gasteiger partial charge in [-0.05, 0) is 96.4 Å². The van der Waals surface area contributed by atoms with Crippen LogP contribution in [0.3, 0.4) is 0 Å². The van der Waals surface area contributed by atoms with Crippen molar-refractivity contribution in [1.82, 2.24) is 0 Å². The Morgan fingerprint density at radius 2 is 0.800 bits per heavy atom. The largest absolute Gasteiger partial charge is 0.456 e. The highest BCUT2D eigenvalue weighted by Gasteiger charge is 2.17. The lowest BCUT2D eigenvalue weighted by atomic mass is 9.85. The lowest BCUT2D eigenvalue weighted by molar-refractivity contribution is 0.669. The van der Waals surface area contributed by atoms with E-state index in [9.17, 15) is 2.74 Å². The molecule has 0 aliphatic rings. The summed E-state index contributed by atoms with van der Waals surface area (Å²) in [5, 5.41) is 5.72. The van der Waals surface area contributed by atoms with Crippen LogP contribution in [-0.2, 0) is 0 Å². The molecule has 0 atom stereocenters. The molecule has 1 heterocycles. The summed E-state index contributed by atoms with van der Waals surface area (Å²) < 4.78 is 43.2. The van der Waals surface area contributed by atoms with Crippen molar-refractivity contribution in [2.24, 2.45) is 0 Å². The molecular weight excluding hydrogens is 544 g/mol. The minimum atomic E-state index is -0.210. The summed E-state index contributed by atoms with van der Waals surface area (Å²) in [5.41, 5.74) is 7.72.